The lowest BCUT2D eigenvalue weighted by atomic mass is 10.4. The molecule has 0 saturated heterocycles. The molecule has 7 heteroatoms. The summed E-state index contributed by atoms with van der Waals surface area (Å²) >= 11 is 0. The molecular weight excluding hydrogens is 252 g/mol. The van der Waals surface area contributed by atoms with Gasteiger partial charge in [-0.2, -0.15) is 0 Å². The zero-order valence-electron chi connectivity index (χ0n) is 11.0. The molecule has 0 aromatic carbocycles. The molecule has 3 N–H and O–H groups in total. The molecule has 0 fully saturated rings. The minimum absolute atomic E-state index is 0.170. The van der Waals surface area contributed by atoms with Crippen LogP contribution in [0.3, 0.4) is 0 Å². The monoisotopic (exact) mass is 272 g/mol. The third-order valence-electron chi connectivity index (χ3n) is 2.27. The van der Waals surface area contributed by atoms with Crippen molar-refractivity contribution in [2.45, 2.75) is 13.0 Å². The Bertz CT molecular complexity index is 367. The van der Waals surface area contributed by atoms with Crippen molar-refractivity contribution in [3.63, 3.8) is 0 Å². The molecule has 108 valence electrons. The van der Waals surface area contributed by atoms with Crippen molar-refractivity contribution in [1.82, 2.24) is 5.43 Å². The Morgan fingerprint density at radius 3 is 2.79 bits per heavy atom. The number of carbonyl (C=O) groups excluding carboxylic acids is 1. The van der Waals surface area contributed by atoms with E-state index in [9.17, 15) is 4.79 Å². The Morgan fingerprint density at radius 1 is 1.26 bits per heavy atom. The smallest absolute Gasteiger partial charge is 0.300 e. The minimum atomic E-state index is -0.460. The van der Waals surface area contributed by atoms with Crippen molar-refractivity contribution in [3.8, 4) is 0 Å². The topological polar surface area (TPSA) is 96.0 Å². The van der Waals surface area contributed by atoms with Gasteiger partial charge in [-0.3, -0.25) is 10.2 Å². The van der Waals surface area contributed by atoms with E-state index < -0.39 is 5.91 Å². The quantitative estimate of drug-likeness (QED) is 0.278. The number of furan rings is 1. The first-order chi connectivity index (χ1) is 9.27. The molecule has 0 aliphatic heterocycles. The van der Waals surface area contributed by atoms with E-state index in [4.69, 9.17) is 24.5 Å². The van der Waals surface area contributed by atoms with Crippen molar-refractivity contribution in [1.29, 1.82) is 0 Å². The van der Waals surface area contributed by atoms with Gasteiger partial charge >= 0.3 is 5.91 Å². The Hall–Kier alpha value is -1.41. The van der Waals surface area contributed by atoms with E-state index in [1.807, 2.05) is 5.43 Å². The van der Waals surface area contributed by atoms with Gasteiger partial charge in [0.2, 0.25) is 0 Å². The lowest BCUT2D eigenvalue weighted by molar-refractivity contribution is 0.0451. The van der Waals surface area contributed by atoms with E-state index in [2.05, 4.69) is 0 Å². The lowest BCUT2D eigenvalue weighted by Gasteiger charge is -2.04. The van der Waals surface area contributed by atoms with Crippen LogP contribution in [0.2, 0.25) is 0 Å². The normalized spacial score (nSPS) is 10.6. The van der Waals surface area contributed by atoms with E-state index in [1.165, 1.54) is 0 Å². The van der Waals surface area contributed by atoms with E-state index in [1.54, 1.807) is 19.2 Å². The van der Waals surface area contributed by atoms with E-state index in [0.717, 1.165) is 6.42 Å². The number of hydrogen-bond acceptors (Lipinski definition) is 6. The van der Waals surface area contributed by atoms with Crippen molar-refractivity contribution in [2.24, 2.45) is 5.84 Å². The maximum absolute atomic E-state index is 11.1. The summed E-state index contributed by atoms with van der Waals surface area (Å²) in [7, 11) is 1.63. The Balaban J connectivity index is 2.06. The van der Waals surface area contributed by atoms with Crippen molar-refractivity contribution in [3.05, 3.63) is 23.7 Å². The summed E-state index contributed by atoms with van der Waals surface area (Å²) in [5, 5.41) is 0. The molecule has 0 aliphatic rings. The number of nitrogen functional groups attached to an aromatic ring is 1. The molecule has 0 unspecified atom stereocenters. The maximum atomic E-state index is 11.1. The van der Waals surface area contributed by atoms with Gasteiger partial charge in [0.1, 0.15) is 12.4 Å². The summed E-state index contributed by atoms with van der Waals surface area (Å²) in [5.74, 6) is 5.28. The SMILES string of the molecule is COCCOCCCOCc1ccc(C(=O)NN)o1. The fourth-order valence-corrected chi connectivity index (χ4v) is 1.33. The Labute approximate surface area is 112 Å². The molecule has 1 heterocycles. The van der Waals surface area contributed by atoms with E-state index in [-0.39, 0.29) is 5.76 Å². The molecule has 0 atom stereocenters. The molecule has 19 heavy (non-hydrogen) atoms. The van der Waals surface area contributed by atoms with Gasteiger partial charge < -0.3 is 18.6 Å². The molecule has 7 nitrogen and oxygen atoms in total. The number of methoxy groups -OCH3 is 1. The summed E-state index contributed by atoms with van der Waals surface area (Å²) in [6, 6.07) is 3.23. The van der Waals surface area contributed by atoms with Crippen LogP contribution < -0.4 is 11.3 Å². The second-order valence-electron chi connectivity index (χ2n) is 3.75. The summed E-state index contributed by atoms with van der Waals surface area (Å²) in [6.45, 7) is 2.69. The molecule has 0 radical (unpaired) electrons. The van der Waals surface area contributed by atoms with Crippen LogP contribution in [0, 0.1) is 0 Å². The number of amides is 1. The lowest BCUT2D eigenvalue weighted by Crippen LogP contribution is -2.29. The van der Waals surface area contributed by atoms with Crippen LogP contribution in [0.15, 0.2) is 16.5 Å². The number of hydrazine groups is 1. The largest absolute Gasteiger partial charge is 0.453 e. The van der Waals surface area contributed by atoms with Gasteiger partial charge in [0.25, 0.3) is 0 Å². The number of rotatable bonds is 10. The summed E-state index contributed by atoms with van der Waals surface area (Å²) in [5.41, 5.74) is 2.00. The highest BCUT2D eigenvalue weighted by Crippen LogP contribution is 2.08. The predicted molar refractivity (Wildman–Crippen MR) is 67.3 cm³/mol. The van der Waals surface area contributed by atoms with Crippen LogP contribution in [0.25, 0.3) is 0 Å². The van der Waals surface area contributed by atoms with Crippen LogP contribution in [0.1, 0.15) is 22.7 Å². The number of nitrogens with one attached hydrogen (secondary N) is 1. The Morgan fingerprint density at radius 2 is 2.05 bits per heavy atom. The first-order valence-electron chi connectivity index (χ1n) is 6.02. The highest BCUT2D eigenvalue weighted by Gasteiger charge is 2.09. The second-order valence-corrected chi connectivity index (χ2v) is 3.75. The maximum Gasteiger partial charge on any atom is 0.300 e. The van der Waals surface area contributed by atoms with Gasteiger partial charge in [0, 0.05) is 20.3 Å². The molecule has 0 aliphatic carbocycles. The second kappa shape index (κ2) is 9.51. The molecule has 1 aromatic heterocycles. The van der Waals surface area contributed by atoms with Gasteiger partial charge in [-0.15, -0.1) is 0 Å². The highest BCUT2D eigenvalue weighted by atomic mass is 16.5. The van der Waals surface area contributed by atoms with Crippen LogP contribution in [0.4, 0.5) is 0 Å². The van der Waals surface area contributed by atoms with Gasteiger partial charge in [0.05, 0.1) is 13.2 Å². The molecule has 1 aromatic rings. The summed E-state index contributed by atoms with van der Waals surface area (Å²) in [4.78, 5) is 11.1. The average Bonchev–Trinajstić information content (AvgIpc) is 2.89. The zero-order valence-corrected chi connectivity index (χ0v) is 11.0. The van der Waals surface area contributed by atoms with Crippen LogP contribution in [0.5, 0.6) is 0 Å². The third kappa shape index (κ3) is 6.35. The minimum Gasteiger partial charge on any atom is -0.453 e. The molecule has 1 amide bonds. The first kappa shape index (κ1) is 15.6. The molecule has 0 bridgehead atoms. The summed E-state index contributed by atoms with van der Waals surface area (Å²) < 4.78 is 20.7. The zero-order chi connectivity index (χ0) is 13.9. The van der Waals surface area contributed by atoms with Crippen LogP contribution >= 0.6 is 0 Å². The van der Waals surface area contributed by atoms with Gasteiger partial charge in [0.15, 0.2) is 5.76 Å². The number of hydrogen-bond donors (Lipinski definition) is 2. The van der Waals surface area contributed by atoms with Gasteiger partial charge in [-0.05, 0) is 18.6 Å². The van der Waals surface area contributed by atoms with Crippen molar-refractivity contribution < 1.29 is 23.4 Å². The van der Waals surface area contributed by atoms with Gasteiger partial charge in [-0.1, -0.05) is 0 Å². The standard InChI is InChI=1S/C12H20N2O5/c1-16-7-8-17-5-2-6-18-9-10-3-4-11(19-10)12(15)14-13/h3-4H,2,5-9,13H2,1H3,(H,14,15). The highest BCUT2D eigenvalue weighted by molar-refractivity contribution is 5.90. The van der Waals surface area contributed by atoms with Crippen LogP contribution in [-0.2, 0) is 20.8 Å². The Kier molecular flexibility index (Phi) is 7.83. The predicted octanol–water partition coefficient (Wildman–Crippen LogP) is 0.453. The van der Waals surface area contributed by atoms with E-state index in [0.29, 0.717) is 38.8 Å². The van der Waals surface area contributed by atoms with E-state index >= 15 is 0 Å². The first-order valence-corrected chi connectivity index (χ1v) is 6.02. The fourth-order valence-electron chi connectivity index (χ4n) is 1.33. The average molecular weight is 272 g/mol. The molecule has 0 spiro atoms. The molecule has 0 saturated carbocycles. The summed E-state index contributed by atoms with van der Waals surface area (Å²) in [6.07, 6.45) is 0.792. The van der Waals surface area contributed by atoms with Crippen molar-refractivity contribution in [2.75, 3.05) is 33.5 Å². The fraction of sp³-hybridized carbons (Fsp3) is 0.583. The molecular formula is C12H20N2O5. The molecule has 1 rings (SSSR count). The number of carbonyl (C=O) groups is 1. The van der Waals surface area contributed by atoms with Crippen molar-refractivity contribution >= 4 is 5.91 Å². The third-order valence-corrected chi connectivity index (χ3v) is 2.27. The number of nitrogens with two attached hydrogens (primary N) is 1. The van der Waals surface area contributed by atoms with Crippen LogP contribution in [-0.4, -0.2) is 39.4 Å². The number of ether oxygens (including phenoxy) is 3. The van der Waals surface area contributed by atoms with Gasteiger partial charge in [-0.25, -0.2) is 5.84 Å².